The van der Waals surface area contributed by atoms with Crippen LogP contribution in [0.5, 0.6) is 0 Å². The lowest BCUT2D eigenvalue weighted by molar-refractivity contribution is 0.0712. The van der Waals surface area contributed by atoms with E-state index in [2.05, 4.69) is 4.98 Å². The van der Waals surface area contributed by atoms with Crippen molar-refractivity contribution < 1.29 is 9.21 Å². The first-order chi connectivity index (χ1) is 10.7. The van der Waals surface area contributed by atoms with E-state index < -0.39 is 0 Å². The summed E-state index contributed by atoms with van der Waals surface area (Å²) in [6.45, 7) is 0.897. The molecule has 1 amide bonds. The number of hydrogen-bond acceptors (Lipinski definition) is 2. The van der Waals surface area contributed by atoms with E-state index in [1.165, 1.54) is 0 Å². The molecule has 5 heteroatoms. The minimum absolute atomic E-state index is 0.118. The van der Waals surface area contributed by atoms with Gasteiger partial charge in [-0.3, -0.25) is 4.79 Å². The third-order valence-corrected chi connectivity index (χ3v) is 3.53. The van der Waals surface area contributed by atoms with E-state index in [0.29, 0.717) is 23.8 Å². The van der Waals surface area contributed by atoms with Crippen LogP contribution >= 0.6 is 11.6 Å². The van der Waals surface area contributed by atoms with Crippen molar-refractivity contribution in [2.45, 2.75) is 13.1 Å². The van der Waals surface area contributed by atoms with Crippen LogP contribution in [0.2, 0.25) is 5.02 Å². The molecule has 2 heterocycles. The minimum atomic E-state index is -0.118. The van der Waals surface area contributed by atoms with Crippen LogP contribution in [0.15, 0.2) is 65.4 Å². The SMILES string of the molecule is O=C(c1cc(Cl)c[nH]1)N(Cc1ccccc1)Cc1ccco1. The first-order valence-electron chi connectivity index (χ1n) is 6.92. The first-order valence-corrected chi connectivity index (χ1v) is 7.29. The van der Waals surface area contributed by atoms with Crippen molar-refractivity contribution in [3.8, 4) is 0 Å². The van der Waals surface area contributed by atoms with Gasteiger partial charge in [0.2, 0.25) is 0 Å². The molecule has 0 saturated carbocycles. The summed E-state index contributed by atoms with van der Waals surface area (Å²) in [5.74, 6) is 0.620. The summed E-state index contributed by atoms with van der Waals surface area (Å²) in [6, 6.07) is 15.1. The molecular formula is C17H15ClN2O2. The molecule has 3 aromatic rings. The third kappa shape index (κ3) is 3.40. The second kappa shape index (κ2) is 6.54. The molecule has 0 radical (unpaired) electrons. The molecule has 0 aliphatic heterocycles. The number of amides is 1. The quantitative estimate of drug-likeness (QED) is 0.770. The molecule has 1 aromatic carbocycles. The molecule has 0 spiro atoms. The summed E-state index contributed by atoms with van der Waals surface area (Å²) < 4.78 is 5.36. The largest absolute Gasteiger partial charge is 0.467 e. The van der Waals surface area contributed by atoms with E-state index >= 15 is 0 Å². The van der Waals surface area contributed by atoms with E-state index in [-0.39, 0.29) is 5.91 Å². The summed E-state index contributed by atoms with van der Waals surface area (Å²) in [6.07, 6.45) is 3.20. The van der Waals surface area contributed by atoms with Gasteiger partial charge < -0.3 is 14.3 Å². The Labute approximate surface area is 133 Å². The number of furan rings is 1. The molecule has 0 fully saturated rings. The van der Waals surface area contributed by atoms with Crippen LogP contribution in [0, 0.1) is 0 Å². The number of halogens is 1. The Balaban J connectivity index is 1.83. The van der Waals surface area contributed by atoms with Gasteiger partial charge in [0.25, 0.3) is 5.91 Å². The Hall–Kier alpha value is -2.46. The molecule has 0 unspecified atom stereocenters. The highest BCUT2D eigenvalue weighted by Crippen LogP contribution is 2.16. The molecule has 22 heavy (non-hydrogen) atoms. The zero-order valence-electron chi connectivity index (χ0n) is 11.8. The average molecular weight is 315 g/mol. The highest BCUT2D eigenvalue weighted by Gasteiger charge is 2.19. The summed E-state index contributed by atoms with van der Waals surface area (Å²) in [7, 11) is 0. The fourth-order valence-corrected chi connectivity index (χ4v) is 2.42. The van der Waals surface area contributed by atoms with Gasteiger partial charge in [0.15, 0.2) is 0 Å². The molecule has 0 aliphatic rings. The van der Waals surface area contributed by atoms with Crippen LogP contribution in [0.1, 0.15) is 21.8 Å². The monoisotopic (exact) mass is 314 g/mol. The summed E-state index contributed by atoms with van der Waals surface area (Å²) >= 11 is 5.89. The predicted molar refractivity (Wildman–Crippen MR) is 84.5 cm³/mol. The van der Waals surface area contributed by atoms with E-state index in [1.54, 1.807) is 23.4 Å². The van der Waals surface area contributed by atoms with Crippen LogP contribution < -0.4 is 0 Å². The van der Waals surface area contributed by atoms with Gasteiger partial charge in [0, 0.05) is 12.7 Å². The molecule has 0 saturated heterocycles. The number of nitrogens with zero attached hydrogens (tertiary/aromatic N) is 1. The van der Waals surface area contributed by atoms with E-state index in [9.17, 15) is 4.79 Å². The number of carbonyl (C=O) groups excluding carboxylic acids is 1. The van der Waals surface area contributed by atoms with Crippen molar-refractivity contribution in [1.29, 1.82) is 0 Å². The number of nitrogens with one attached hydrogen (secondary N) is 1. The Morgan fingerprint density at radius 3 is 2.59 bits per heavy atom. The normalized spacial score (nSPS) is 10.6. The smallest absolute Gasteiger partial charge is 0.271 e. The molecular weight excluding hydrogens is 300 g/mol. The Bertz CT molecular complexity index is 735. The first kappa shape index (κ1) is 14.5. The maximum Gasteiger partial charge on any atom is 0.271 e. The Kier molecular flexibility index (Phi) is 4.30. The molecule has 0 atom stereocenters. The maximum atomic E-state index is 12.7. The van der Waals surface area contributed by atoms with Gasteiger partial charge >= 0.3 is 0 Å². The zero-order valence-corrected chi connectivity index (χ0v) is 12.6. The topological polar surface area (TPSA) is 49.2 Å². The molecule has 0 aliphatic carbocycles. The number of hydrogen-bond donors (Lipinski definition) is 1. The lowest BCUT2D eigenvalue weighted by atomic mass is 10.2. The van der Waals surface area contributed by atoms with E-state index in [0.717, 1.165) is 11.3 Å². The highest BCUT2D eigenvalue weighted by molar-refractivity contribution is 6.30. The van der Waals surface area contributed by atoms with Crippen molar-refractivity contribution in [3.05, 3.63) is 83.0 Å². The average Bonchev–Trinajstić information content (AvgIpc) is 3.18. The van der Waals surface area contributed by atoms with Gasteiger partial charge in [-0.2, -0.15) is 0 Å². The molecule has 0 bridgehead atoms. The summed E-state index contributed by atoms with van der Waals surface area (Å²) in [5.41, 5.74) is 1.52. The number of rotatable bonds is 5. The van der Waals surface area contributed by atoms with Crippen molar-refractivity contribution in [2.24, 2.45) is 0 Å². The number of H-pyrrole nitrogens is 1. The number of carbonyl (C=O) groups is 1. The highest BCUT2D eigenvalue weighted by atomic mass is 35.5. The van der Waals surface area contributed by atoms with Gasteiger partial charge in [-0.1, -0.05) is 41.9 Å². The fourth-order valence-electron chi connectivity index (χ4n) is 2.26. The maximum absolute atomic E-state index is 12.7. The second-order valence-corrected chi connectivity index (χ2v) is 5.39. The van der Waals surface area contributed by atoms with Crippen molar-refractivity contribution in [3.63, 3.8) is 0 Å². The van der Waals surface area contributed by atoms with Crippen LogP contribution in [-0.2, 0) is 13.1 Å². The van der Waals surface area contributed by atoms with E-state index in [4.69, 9.17) is 16.0 Å². The lowest BCUT2D eigenvalue weighted by Crippen LogP contribution is -2.30. The minimum Gasteiger partial charge on any atom is -0.467 e. The van der Waals surface area contributed by atoms with Crippen LogP contribution in [0.3, 0.4) is 0 Å². The Morgan fingerprint density at radius 2 is 1.95 bits per heavy atom. The number of aromatic amines is 1. The predicted octanol–water partition coefficient (Wildman–Crippen LogP) is 4.10. The molecule has 3 rings (SSSR count). The summed E-state index contributed by atoms with van der Waals surface area (Å²) in [5, 5.41) is 0.515. The zero-order chi connectivity index (χ0) is 15.4. The molecule has 112 valence electrons. The van der Waals surface area contributed by atoms with Crippen LogP contribution in [0.4, 0.5) is 0 Å². The second-order valence-electron chi connectivity index (χ2n) is 4.96. The van der Waals surface area contributed by atoms with Gasteiger partial charge in [-0.05, 0) is 23.8 Å². The lowest BCUT2D eigenvalue weighted by Gasteiger charge is -2.21. The number of aromatic nitrogens is 1. The van der Waals surface area contributed by atoms with Crippen molar-refractivity contribution >= 4 is 17.5 Å². The standard InChI is InChI=1S/C17H15ClN2O2/c18-14-9-16(19-10-14)17(21)20(12-15-7-4-8-22-15)11-13-5-2-1-3-6-13/h1-10,19H,11-12H2. The van der Waals surface area contributed by atoms with Gasteiger partial charge in [-0.25, -0.2) is 0 Å². The molecule has 4 nitrogen and oxygen atoms in total. The molecule has 2 aromatic heterocycles. The van der Waals surface area contributed by atoms with Crippen LogP contribution in [0.25, 0.3) is 0 Å². The van der Waals surface area contributed by atoms with Crippen LogP contribution in [-0.4, -0.2) is 15.8 Å². The van der Waals surface area contributed by atoms with Crippen molar-refractivity contribution in [2.75, 3.05) is 0 Å². The van der Waals surface area contributed by atoms with Crippen molar-refractivity contribution in [1.82, 2.24) is 9.88 Å². The molecule has 1 N–H and O–H groups in total. The van der Waals surface area contributed by atoms with Gasteiger partial charge in [0.1, 0.15) is 11.5 Å². The third-order valence-electron chi connectivity index (χ3n) is 3.31. The van der Waals surface area contributed by atoms with E-state index in [1.807, 2.05) is 42.5 Å². The fraction of sp³-hybridized carbons (Fsp3) is 0.118. The number of benzene rings is 1. The Morgan fingerprint density at radius 1 is 1.14 bits per heavy atom. The van der Waals surface area contributed by atoms with Gasteiger partial charge in [0.05, 0.1) is 17.8 Å². The summed E-state index contributed by atoms with van der Waals surface area (Å²) in [4.78, 5) is 17.3. The van der Waals surface area contributed by atoms with Gasteiger partial charge in [-0.15, -0.1) is 0 Å².